The molecule has 0 aliphatic rings. The Hall–Kier alpha value is -1.21. The summed E-state index contributed by atoms with van der Waals surface area (Å²) in [7, 11) is 0. The Morgan fingerprint density at radius 1 is 1.41 bits per heavy atom. The summed E-state index contributed by atoms with van der Waals surface area (Å²) in [6, 6.07) is -0.309. The molecule has 0 bridgehead atoms. The largest absolute Gasteiger partial charge is 0.396 e. The fourth-order valence-electron chi connectivity index (χ4n) is 1.16. The summed E-state index contributed by atoms with van der Waals surface area (Å²) in [4.78, 5) is 11.3. The van der Waals surface area contributed by atoms with Gasteiger partial charge in [-0.25, -0.2) is 4.79 Å². The first-order valence-electron chi connectivity index (χ1n) is 5.74. The number of hydrogen-bond acceptors (Lipinski definition) is 5. The van der Waals surface area contributed by atoms with E-state index < -0.39 is 0 Å². The molecule has 6 nitrogen and oxygen atoms in total. The van der Waals surface area contributed by atoms with E-state index in [1.807, 2.05) is 0 Å². The zero-order chi connectivity index (χ0) is 12.5. The highest BCUT2D eigenvalue weighted by Crippen LogP contribution is 2.16. The molecule has 0 fully saturated rings. The summed E-state index contributed by atoms with van der Waals surface area (Å²) < 4.78 is 0. The normalized spacial score (nSPS) is 10.2. The molecule has 1 rings (SSSR count). The van der Waals surface area contributed by atoms with Gasteiger partial charge in [0.2, 0.25) is 5.13 Å². The monoisotopic (exact) mass is 258 g/mol. The summed E-state index contributed by atoms with van der Waals surface area (Å²) in [5.74, 6) is 0. The van der Waals surface area contributed by atoms with E-state index in [2.05, 4.69) is 27.8 Å². The Labute approximate surface area is 104 Å². The molecule has 2 amide bonds. The third-order valence-corrected chi connectivity index (χ3v) is 2.95. The molecule has 96 valence electrons. The van der Waals surface area contributed by atoms with E-state index in [0.29, 0.717) is 18.1 Å². The fraction of sp³-hybridized carbons (Fsp3) is 0.700. The number of nitrogens with zero attached hydrogens (tertiary/aromatic N) is 2. The molecular formula is C10H18N4O2S. The average Bonchev–Trinajstić information content (AvgIpc) is 2.74. The number of urea groups is 1. The highest BCUT2D eigenvalue weighted by atomic mass is 32.1. The predicted molar refractivity (Wildman–Crippen MR) is 67.2 cm³/mol. The smallest absolute Gasteiger partial charge is 0.321 e. The van der Waals surface area contributed by atoms with Crippen molar-refractivity contribution in [3.8, 4) is 0 Å². The molecule has 1 heterocycles. The Morgan fingerprint density at radius 3 is 2.94 bits per heavy atom. The van der Waals surface area contributed by atoms with E-state index in [1.54, 1.807) is 0 Å². The molecule has 1 aromatic heterocycles. The number of aryl methyl sites for hydroxylation is 1. The van der Waals surface area contributed by atoms with E-state index in [-0.39, 0.29) is 12.6 Å². The minimum atomic E-state index is -0.309. The summed E-state index contributed by atoms with van der Waals surface area (Å²) >= 11 is 1.40. The van der Waals surface area contributed by atoms with Gasteiger partial charge in [-0.15, -0.1) is 10.2 Å². The van der Waals surface area contributed by atoms with Gasteiger partial charge < -0.3 is 10.4 Å². The Kier molecular flexibility index (Phi) is 6.49. The number of carbonyl (C=O) groups is 1. The fourth-order valence-corrected chi connectivity index (χ4v) is 1.93. The van der Waals surface area contributed by atoms with E-state index >= 15 is 0 Å². The molecule has 0 saturated carbocycles. The first-order chi connectivity index (χ1) is 8.26. The summed E-state index contributed by atoms with van der Waals surface area (Å²) in [6.07, 6.45) is 3.65. The van der Waals surface area contributed by atoms with Crippen molar-refractivity contribution in [2.75, 3.05) is 18.5 Å². The van der Waals surface area contributed by atoms with Crippen molar-refractivity contribution in [2.24, 2.45) is 0 Å². The van der Waals surface area contributed by atoms with Crippen molar-refractivity contribution in [1.29, 1.82) is 0 Å². The number of nitrogens with one attached hydrogen (secondary N) is 2. The molecule has 0 aliphatic heterocycles. The number of aromatic nitrogens is 2. The van der Waals surface area contributed by atoms with Gasteiger partial charge in [0, 0.05) is 19.6 Å². The third kappa shape index (κ3) is 5.60. The van der Waals surface area contributed by atoms with E-state index in [1.165, 1.54) is 11.3 Å². The van der Waals surface area contributed by atoms with Gasteiger partial charge in [0.05, 0.1) is 0 Å². The predicted octanol–water partition coefficient (Wildman–Crippen LogP) is 1.38. The minimum Gasteiger partial charge on any atom is -0.396 e. The molecule has 0 spiro atoms. The van der Waals surface area contributed by atoms with Crippen molar-refractivity contribution in [1.82, 2.24) is 15.5 Å². The van der Waals surface area contributed by atoms with Crippen LogP contribution in [0.4, 0.5) is 9.93 Å². The van der Waals surface area contributed by atoms with Gasteiger partial charge in [0.25, 0.3) is 0 Å². The number of carbonyl (C=O) groups excluding carboxylic acids is 1. The molecule has 7 heteroatoms. The lowest BCUT2D eigenvalue weighted by Gasteiger charge is -2.02. The number of aliphatic hydroxyl groups excluding tert-OH is 1. The maximum atomic E-state index is 11.3. The van der Waals surface area contributed by atoms with Gasteiger partial charge in [-0.05, 0) is 12.8 Å². The average molecular weight is 258 g/mol. The number of rotatable bonds is 7. The molecule has 0 atom stereocenters. The van der Waals surface area contributed by atoms with Crippen molar-refractivity contribution in [3.05, 3.63) is 5.01 Å². The molecule has 3 N–H and O–H groups in total. The van der Waals surface area contributed by atoms with Crippen molar-refractivity contribution in [2.45, 2.75) is 32.6 Å². The highest BCUT2D eigenvalue weighted by molar-refractivity contribution is 7.15. The van der Waals surface area contributed by atoms with Crippen LogP contribution in [0.2, 0.25) is 0 Å². The Bertz CT molecular complexity index is 343. The summed E-state index contributed by atoms with van der Waals surface area (Å²) in [5, 5.41) is 23.1. The standard InChI is InChI=1S/C10H18N4O2S/c1-2-3-5-8-13-14-10(17-8)12-9(16)11-6-4-7-15/h15H,2-7H2,1H3,(H2,11,12,14,16). The second-order valence-corrected chi connectivity index (χ2v) is 4.62. The Balaban J connectivity index is 2.30. The third-order valence-electron chi connectivity index (χ3n) is 2.05. The van der Waals surface area contributed by atoms with Gasteiger partial charge in [0.15, 0.2) is 0 Å². The first-order valence-corrected chi connectivity index (χ1v) is 6.56. The number of unbranched alkanes of at least 4 members (excludes halogenated alkanes) is 1. The zero-order valence-corrected chi connectivity index (χ0v) is 10.7. The van der Waals surface area contributed by atoms with Crippen LogP contribution in [0, 0.1) is 0 Å². The van der Waals surface area contributed by atoms with E-state index in [0.717, 1.165) is 24.3 Å². The van der Waals surface area contributed by atoms with Crippen LogP contribution in [-0.2, 0) is 6.42 Å². The lowest BCUT2D eigenvalue weighted by atomic mass is 10.3. The number of amides is 2. The van der Waals surface area contributed by atoms with Gasteiger partial charge in [-0.1, -0.05) is 24.7 Å². The topological polar surface area (TPSA) is 87.1 Å². The molecule has 0 aromatic carbocycles. The van der Waals surface area contributed by atoms with Crippen LogP contribution in [0.25, 0.3) is 0 Å². The SMILES string of the molecule is CCCCc1nnc(NC(=O)NCCCO)s1. The van der Waals surface area contributed by atoms with Crippen molar-refractivity contribution >= 4 is 22.5 Å². The van der Waals surface area contributed by atoms with Crippen LogP contribution in [0.3, 0.4) is 0 Å². The van der Waals surface area contributed by atoms with Gasteiger partial charge >= 0.3 is 6.03 Å². The molecule has 0 radical (unpaired) electrons. The minimum absolute atomic E-state index is 0.0697. The highest BCUT2D eigenvalue weighted by Gasteiger charge is 2.06. The van der Waals surface area contributed by atoms with E-state index in [4.69, 9.17) is 5.11 Å². The van der Waals surface area contributed by atoms with Crippen LogP contribution < -0.4 is 10.6 Å². The molecule has 0 unspecified atom stereocenters. The first kappa shape index (κ1) is 13.9. The molecular weight excluding hydrogens is 240 g/mol. The molecule has 0 aliphatic carbocycles. The van der Waals surface area contributed by atoms with E-state index in [9.17, 15) is 4.79 Å². The molecule has 0 saturated heterocycles. The number of aliphatic hydroxyl groups is 1. The molecule has 1 aromatic rings. The zero-order valence-electron chi connectivity index (χ0n) is 9.90. The number of anilines is 1. The summed E-state index contributed by atoms with van der Waals surface area (Å²) in [5.41, 5.74) is 0. The van der Waals surface area contributed by atoms with Crippen LogP contribution in [0.1, 0.15) is 31.2 Å². The second kappa shape index (κ2) is 7.97. The summed E-state index contributed by atoms with van der Waals surface area (Å²) in [6.45, 7) is 2.64. The maximum Gasteiger partial charge on any atom is 0.321 e. The van der Waals surface area contributed by atoms with Crippen LogP contribution in [-0.4, -0.2) is 34.5 Å². The van der Waals surface area contributed by atoms with Crippen LogP contribution >= 0.6 is 11.3 Å². The van der Waals surface area contributed by atoms with Gasteiger partial charge in [-0.3, -0.25) is 5.32 Å². The van der Waals surface area contributed by atoms with Gasteiger partial charge in [0.1, 0.15) is 5.01 Å². The quantitative estimate of drug-likeness (QED) is 0.645. The van der Waals surface area contributed by atoms with Crippen molar-refractivity contribution in [3.63, 3.8) is 0 Å². The lowest BCUT2D eigenvalue weighted by molar-refractivity contribution is 0.249. The molecule has 17 heavy (non-hydrogen) atoms. The van der Waals surface area contributed by atoms with Crippen LogP contribution in [0.5, 0.6) is 0 Å². The van der Waals surface area contributed by atoms with Crippen LogP contribution in [0.15, 0.2) is 0 Å². The Morgan fingerprint density at radius 2 is 2.24 bits per heavy atom. The van der Waals surface area contributed by atoms with Crippen molar-refractivity contribution < 1.29 is 9.90 Å². The van der Waals surface area contributed by atoms with Gasteiger partial charge in [-0.2, -0.15) is 0 Å². The maximum absolute atomic E-state index is 11.3. The second-order valence-electron chi connectivity index (χ2n) is 3.56. The number of hydrogen-bond donors (Lipinski definition) is 3. The lowest BCUT2D eigenvalue weighted by Crippen LogP contribution is -2.29.